The third-order valence-corrected chi connectivity index (χ3v) is 2.46. The van der Waals surface area contributed by atoms with Gasteiger partial charge in [0, 0.05) is 0 Å². The van der Waals surface area contributed by atoms with Gasteiger partial charge in [0.05, 0.1) is 31.3 Å². The third kappa shape index (κ3) is 6.91. The number of carbonyl (C=O) groups excluding carboxylic acids is 1. The number of hydrogen-bond acceptors (Lipinski definition) is 4. The zero-order chi connectivity index (χ0) is 15.0. The number of esters is 1. The largest absolute Gasteiger partial charge is 0.460 e. The van der Waals surface area contributed by atoms with Gasteiger partial charge in [-0.1, -0.05) is 12.1 Å². The fraction of sp³-hybridized carbons (Fsp3) is 0.500. The molecule has 4 heteroatoms. The van der Waals surface area contributed by atoms with E-state index in [1.807, 2.05) is 39.0 Å². The maximum Gasteiger partial charge on any atom is 0.308 e. The van der Waals surface area contributed by atoms with Crippen molar-refractivity contribution in [3.8, 4) is 6.07 Å². The molecule has 0 fully saturated rings. The Labute approximate surface area is 120 Å². The average Bonchev–Trinajstić information content (AvgIpc) is 2.36. The topological polar surface area (TPSA) is 59.3 Å². The molecule has 0 unspecified atom stereocenters. The van der Waals surface area contributed by atoms with Crippen LogP contribution in [-0.4, -0.2) is 24.8 Å². The van der Waals surface area contributed by atoms with Crippen molar-refractivity contribution in [3.63, 3.8) is 0 Å². The molecular weight excluding hydrogens is 254 g/mol. The number of nitriles is 1. The maximum atomic E-state index is 11.4. The first-order valence-electron chi connectivity index (χ1n) is 6.69. The smallest absolute Gasteiger partial charge is 0.308 e. The van der Waals surface area contributed by atoms with Crippen LogP contribution in [0, 0.1) is 11.3 Å². The molecule has 0 saturated heterocycles. The Hall–Kier alpha value is -1.86. The van der Waals surface area contributed by atoms with Gasteiger partial charge < -0.3 is 9.47 Å². The minimum atomic E-state index is -0.450. The molecule has 0 atom stereocenters. The number of carbonyl (C=O) groups is 1. The van der Waals surface area contributed by atoms with Crippen LogP contribution in [0.5, 0.6) is 0 Å². The summed E-state index contributed by atoms with van der Waals surface area (Å²) in [6.45, 7) is 6.40. The second-order valence-corrected chi connectivity index (χ2v) is 5.51. The van der Waals surface area contributed by atoms with Crippen LogP contribution >= 0.6 is 0 Å². The van der Waals surface area contributed by atoms with Gasteiger partial charge in [-0.2, -0.15) is 5.26 Å². The Bertz CT molecular complexity index is 483. The van der Waals surface area contributed by atoms with Gasteiger partial charge in [-0.3, -0.25) is 4.79 Å². The van der Waals surface area contributed by atoms with E-state index in [0.29, 0.717) is 18.8 Å². The Morgan fingerprint density at radius 2 is 2.05 bits per heavy atom. The summed E-state index contributed by atoms with van der Waals surface area (Å²) >= 11 is 0. The molecule has 0 aliphatic rings. The Morgan fingerprint density at radius 3 is 2.70 bits per heavy atom. The number of hydrogen-bond donors (Lipinski definition) is 0. The van der Waals surface area contributed by atoms with Gasteiger partial charge in [0.25, 0.3) is 0 Å². The standard InChI is InChI=1S/C16H21NO3/c1-16(2,3)20-15(18)8-10-19-9-7-13-5-4-6-14(11-13)12-17/h4-6,11H,7-10H2,1-3H3. The zero-order valence-electron chi connectivity index (χ0n) is 12.3. The van der Waals surface area contributed by atoms with Crippen molar-refractivity contribution >= 4 is 5.97 Å². The van der Waals surface area contributed by atoms with E-state index < -0.39 is 5.60 Å². The van der Waals surface area contributed by atoms with E-state index in [4.69, 9.17) is 14.7 Å². The van der Waals surface area contributed by atoms with Crippen molar-refractivity contribution in [3.05, 3.63) is 35.4 Å². The van der Waals surface area contributed by atoms with E-state index in [1.165, 1.54) is 0 Å². The van der Waals surface area contributed by atoms with Crippen LogP contribution in [0.1, 0.15) is 38.3 Å². The lowest BCUT2D eigenvalue weighted by molar-refractivity contribution is -0.156. The van der Waals surface area contributed by atoms with Gasteiger partial charge in [-0.25, -0.2) is 0 Å². The molecule has 0 saturated carbocycles. The molecule has 4 nitrogen and oxygen atoms in total. The van der Waals surface area contributed by atoms with E-state index in [1.54, 1.807) is 6.07 Å². The highest BCUT2D eigenvalue weighted by Crippen LogP contribution is 2.08. The summed E-state index contributed by atoms with van der Waals surface area (Å²) in [4.78, 5) is 11.4. The molecular formula is C16H21NO3. The van der Waals surface area contributed by atoms with Crippen LogP contribution in [0.25, 0.3) is 0 Å². The summed E-state index contributed by atoms with van der Waals surface area (Å²) in [7, 11) is 0. The summed E-state index contributed by atoms with van der Waals surface area (Å²) in [6, 6.07) is 9.53. The molecule has 0 bridgehead atoms. The first kappa shape index (κ1) is 16.2. The lowest BCUT2D eigenvalue weighted by Crippen LogP contribution is -2.24. The van der Waals surface area contributed by atoms with Crippen LogP contribution in [-0.2, 0) is 20.7 Å². The SMILES string of the molecule is CC(C)(C)OC(=O)CCOCCc1cccc(C#N)c1. The fourth-order valence-corrected chi connectivity index (χ4v) is 1.64. The van der Waals surface area contributed by atoms with Gasteiger partial charge in [0.15, 0.2) is 0 Å². The first-order chi connectivity index (χ1) is 9.40. The monoisotopic (exact) mass is 275 g/mol. The number of nitrogens with zero attached hydrogens (tertiary/aromatic N) is 1. The summed E-state index contributed by atoms with van der Waals surface area (Å²) in [6.07, 6.45) is 0.985. The van der Waals surface area contributed by atoms with Crippen molar-refractivity contribution in [1.82, 2.24) is 0 Å². The molecule has 1 aromatic carbocycles. The summed E-state index contributed by atoms with van der Waals surface area (Å²) in [5.41, 5.74) is 1.26. The minimum Gasteiger partial charge on any atom is -0.460 e. The maximum absolute atomic E-state index is 11.4. The Morgan fingerprint density at radius 1 is 1.30 bits per heavy atom. The number of ether oxygens (including phenoxy) is 2. The molecule has 0 radical (unpaired) electrons. The van der Waals surface area contributed by atoms with Crippen molar-refractivity contribution < 1.29 is 14.3 Å². The van der Waals surface area contributed by atoms with E-state index >= 15 is 0 Å². The lowest BCUT2D eigenvalue weighted by atomic mass is 10.1. The highest BCUT2D eigenvalue weighted by atomic mass is 16.6. The molecule has 0 amide bonds. The second kappa shape index (κ2) is 7.66. The quantitative estimate of drug-likeness (QED) is 0.591. The molecule has 0 heterocycles. The average molecular weight is 275 g/mol. The summed E-state index contributed by atoms with van der Waals surface area (Å²) < 4.78 is 10.6. The predicted molar refractivity (Wildman–Crippen MR) is 76.1 cm³/mol. The number of benzene rings is 1. The van der Waals surface area contributed by atoms with Crippen molar-refractivity contribution in [2.24, 2.45) is 0 Å². The molecule has 1 aromatic rings. The zero-order valence-corrected chi connectivity index (χ0v) is 12.3. The van der Waals surface area contributed by atoms with Gasteiger partial charge in [-0.05, 0) is 44.9 Å². The van der Waals surface area contributed by atoms with Crippen molar-refractivity contribution in [2.75, 3.05) is 13.2 Å². The third-order valence-electron chi connectivity index (χ3n) is 2.46. The molecule has 0 aromatic heterocycles. The van der Waals surface area contributed by atoms with Gasteiger partial charge in [-0.15, -0.1) is 0 Å². The van der Waals surface area contributed by atoms with Crippen molar-refractivity contribution in [2.45, 2.75) is 39.2 Å². The molecule has 1 rings (SSSR count). The second-order valence-electron chi connectivity index (χ2n) is 5.51. The van der Waals surface area contributed by atoms with Crippen LogP contribution in [0.15, 0.2) is 24.3 Å². The summed E-state index contributed by atoms with van der Waals surface area (Å²) in [5.74, 6) is -0.246. The highest BCUT2D eigenvalue weighted by Gasteiger charge is 2.15. The molecule has 0 spiro atoms. The lowest BCUT2D eigenvalue weighted by Gasteiger charge is -2.19. The van der Waals surface area contributed by atoms with Crippen molar-refractivity contribution in [1.29, 1.82) is 5.26 Å². The van der Waals surface area contributed by atoms with Gasteiger partial charge in [0.2, 0.25) is 0 Å². The summed E-state index contributed by atoms with van der Waals surface area (Å²) in [5, 5.41) is 8.79. The van der Waals surface area contributed by atoms with E-state index in [0.717, 1.165) is 12.0 Å². The molecule has 0 N–H and O–H groups in total. The molecule has 108 valence electrons. The molecule has 20 heavy (non-hydrogen) atoms. The number of rotatable bonds is 6. The highest BCUT2D eigenvalue weighted by molar-refractivity contribution is 5.69. The molecule has 0 aliphatic carbocycles. The van der Waals surface area contributed by atoms with Gasteiger partial charge in [0.1, 0.15) is 5.60 Å². The van der Waals surface area contributed by atoms with Crippen LogP contribution in [0.2, 0.25) is 0 Å². The van der Waals surface area contributed by atoms with Gasteiger partial charge >= 0.3 is 5.97 Å². The van der Waals surface area contributed by atoms with E-state index in [9.17, 15) is 4.79 Å². The fourth-order valence-electron chi connectivity index (χ4n) is 1.64. The Kier molecular flexibility index (Phi) is 6.20. The molecule has 0 aliphatic heterocycles. The van der Waals surface area contributed by atoms with Crippen LogP contribution < -0.4 is 0 Å². The van der Waals surface area contributed by atoms with Crippen LogP contribution in [0.3, 0.4) is 0 Å². The normalized spacial score (nSPS) is 10.9. The van der Waals surface area contributed by atoms with E-state index in [2.05, 4.69) is 6.07 Å². The Balaban J connectivity index is 2.19. The predicted octanol–water partition coefficient (Wildman–Crippen LogP) is 2.85. The van der Waals surface area contributed by atoms with Crippen LogP contribution in [0.4, 0.5) is 0 Å². The van der Waals surface area contributed by atoms with E-state index in [-0.39, 0.29) is 12.4 Å². The minimum absolute atomic E-state index is 0.246. The first-order valence-corrected chi connectivity index (χ1v) is 6.69.